The molecule has 30 heavy (non-hydrogen) atoms. The molecule has 4 aromatic rings. The van der Waals surface area contributed by atoms with E-state index >= 15 is 0 Å². The Balaban J connectivity index is 1.67. The van der Waals surface area contributed by atoms with E-state index in [1.165, 1.54) is 6.21 Å². The number of nitrogens with zero attached hydrogens (tertiary/aromatic N) is 4. The molecule has 0 amide bonds. The van der Waals surface area contributed by atoms with E-state index in [9.17, 15) is 13.2 Å². The molecule has 4 nitrogen and oxygen atoms in total. The maximum Gasteiger partial charge on any atom is 0.453 e. The van der Waals surface area contributed by atoms with Crippen molar-refractivity contribution >= 4 is 40.3 Å². The maximum atomic E-state index is 13.4. The van der Waals surface area contributed by atoms with E-state index in [4.69, 9.17) is 11.6 Å². The Morgan fingerprint density at radius 2 is 1.70 bits per heavy atom. The van der Waals surface area contributed by atoms with E-state index in [0.29, 0.717) is 16.3 Å². The lowest BCUT2D eigenvalue weighted by Gasteiger charge is -2.07. The van der Waals surface area contributed by atoms with E-state index < -0.39 is 12.0 Å². The number of halogens is 4. The van der Waals surface area contributed by atoms with Gasteiger partial charge in [0.1, 0.15) is 0 Å². The Bertz CT molecular complexity index is 1200. The summed E-state index contributed by atoms with van der Waals surface area (Å²) in [6, 6.07) is 20.2. The van der Waals surface area contributed by atoms with E-state index in [2.05, 4.69) is 15.3 Å². The van der Waals surface area contributed by atoms with Crippen LogP contribution in [0.5, 0.6) is 0 Å². The van der Waals surface area contributed by atoms with E-state index in [1.54, 1.807) is 30.3 Å². The minimum absolute atomic E-state index is 0.0498. The molecule has 1 aromatic heterocycles. The second-order valence-corrected chi connectivity index (χ2v) is 7.72. The number of fused-ring (bicyclic) bond motifs is 1. The van der Waals surface area contributed by atoms with Crippen molar-refractivity contribution in [2.45, 2.75) is 17.1 Å². The zero-order chi connectivity index (χ0) is 21.1. The first-order valence-corrected chi connectivity index (χ1v) is 10.2. The Morgan fingerprint density at radius 1 is 0.967 bits per heavy atom. The van der Waals surface area contributed by atoms with Gasteiger partial charge in [-0.1, -0.05) is 78.0 Å². The Hall–Kier alpha value is -2.84. The summed E-state index contributed by atoms with van der Waals surface area (Å²) in [6.45, 7) is 0. The van der Waals surface area contributed by atoms with Gasteiger partial charge >= 0.3 is 6.18 Å². The largest absolute Gasteiger partial charge is 0.453 e. The topological polar surface area (TPSA) is 43.1 Å². The van der Waals surface area contributed by atoms with Gasteiger partial charge in [-0.05, 0) is 28.5 Å². The molecule has 0 saturated carbocycles. The van der Waals surface area contributed by atoms with Crippen LogP contribution in [0.15, 0.2) is 77.0 Å². The van der Waals surface area contributed by atoms with Gasteiger partial charge in [-0.15, -0.1) is 10.2 Å². The summed E-state index contributed by atoms with van der Waals surface area (Å²) in [7, 11) is 0. The fraction of sp³-hybridized carbons (Fsp3) is 0.0952. The highest BCUT2D eigenvalue weighted by Gasteiger charge is 2.39. The van der Waals surface area contributed by atoms with Crippen LogP contribution in [0.1, 0.15) is 17.0 Å². The summed E-state index contributed by atoms with van der Waals surface area (Å²) in [6.07, 6.45) is -3.28. The van der Waals surface area contributed by atoms with Gasteiger partial charge in [-0.2, -0.15) is 22.9 Å². The standard InChI is InChI=1S/C21H14ClF3N4S/c22-17-10-8-14(9-11-17)13-30-20-28-27-19(21(23,24)25)29(20)26-12-16-6-3-5-15-4-1-2-7-18(15)16/h1-12H,13H2. The third kappa shape index (κ3) is 4.49. The summed E-state index contributed by atoms with van der Waals surface area (Å²) in [5, 5.41) is 13.6. The molecule has 0 unspecified atom stereocenters. The zero-order valence-corrected chi connectivity index (χ0v) is 16.9. The van der Waals surface area contributed by atoms with E-state index in [-0.39, 0.29) is 5.16 Å². The molecular formula is C21H14ClF3N4S. The molecule has 1 heterocycles. The van der Waals surface area contributed by atoms with Crippen LogP contribution in [-0.4, -0.2) is 21.1 Å². The first kappa shape index (κ1) is 20.4. The molecule has 9 heteroatoms. The summed E-state index contributed by atoms with van der Waals surface area (Å²) >= 11 is 6.99. The van der Waals surface area contributed by atoms with Gasteiger partial charge in [0, 0.05) is 16.3 Å². The highest BCUT2D eigenvalue weighted by molar-refractivity contribution is 7.98. The highest BCUT2D eigenvalue weighted by Crippen LogP contribution is 2.31. The van der Waals surface area contributed by atoms with Gasteiger partial charge in [0.25, 0.3) is 5.82 Å². The molecule has 0 bridgehead atoms. The lowest BCUT2D eigenvalue weighted by molar-refractivity contribution is -0.147. The zero-order valence-electron chi connectivity index (χ0n) is 15.3. The molecule has 0 atom stereocenters. The Morgan fingerprint density at radius 3 is 2.47 bits per heavy atom. The molecule has 0 aliphatic heterocycles. The van der Waals surface area contributed by atoms with Crippen LogP contribution in [-0.2, 0) is 11.9 Å². The second kappa shape index (κ2) is 8.49. The molecule has 0 N–H and O–H groups in total. The molecule has 152 valence electrons. The molecule has 0 spiro atoms. The van der Waals surface area contributed by atoms with Crippen molar-refractivity contribution < 1.29 is 13.2 Å². The summed E-state index contributed by atoms with van der Waals surface area (Å²) < 4.78 is 41.0. The van der Waals surface area contributed by atoms with Crippen LogP contribution in [0, 0.1) is 0 Å². The smallest absolute Gasteiger partial charge is 0.183 e. The van der Waals surface area contributed by atoms with Crippen molar-refractivity contribution in [1.82, 2.24) is 14.9 Å². The fourth-order valence-electron chi connectivity index (χ4n) is 2.85. The number of hydrogen-bond acceptors (Lipinski definition) is 4. The monoisotopic (exact) mass is 446 g/mol. The number of benzene rings is 3. The molecule has 0 saturated heterocycles. The summed E-state index contributed by atoms with van der Waals surface area (Å²) in [5.74, 6) is -0.769. The normalized spacial score (nSPS) is 12.1. The van der Waals surface area contributed by atoms with Gasteiger partial charge in [0.2, 0.25) is 5.16 Å². The molecule has 4 rings (SSSR count). The van der Waals surface area contributed by atoms with Crippen molar-refractivity contribution in [2.24, 2.45) is 5.10 Å². The van der Waals surface area contributed by atoms with Crippen LogP contribution in [0.3, 0.4) is 0 Å². The van der Waals surface area contributed by atoms with Gasteiger partial charge in [0.05, 0.1) is 6.21 Å². The molecule has 0 aliphatic carbocycles. The lowest BCUT2D eigenvalue weighted by Crippen LogP contribution is -2.13. The summed E-state index contributed by atoms with van der Waals surface area (Å²) in [4.78, 5) is 0. The number of thioether (sulfide) groups is 1. The maximum absolute atomic E-state index is 13.4. The van der Waals surface area contributed by atoms with Gasteiger partial charge in [0.15, 0.2) is 0 Å². The lowest BCUT2D eigenvalue weighted by atomic mass is 10.1. The predicted molar refractivity (Wildman–Crippen MR) is 113 cm³/mol. The molecule has 0 aliphatic rings. The minimum Gasteiger partial charge on any atom is -0.183 e. The Kier molecular flexibility index (Phi) is 5.78. The first-order chi connectivity index (χ1) is 14.4. The van der Waals surface area contributed by atoms with Gasteiger partial charge in [-0.25, -0.2) is 0 Å². The average Bonchev–Trinajstić information content (AvgIpc) is 3.15. The van der Waals surface area contributed by atoms with E-state index in [1.807, 2.05) is 36.4 Å². The van der Waals surface area contributed by atoms with Gasteiger partial charge in [-0.3, -0.25) is 0 Å². The number of alkyl halides is 3. The quantitative estimate of drug-likeness (QED) is 0.268. The third-order valence-electron chi connectivity index (χ3n) is 4.28. The highest BCUT2D eigenvalue weighted by atomic mass is 35.5. The van der Waals surface area contributed by atoms with Crippen molar-refractivity contribution in [3.63, 3.8) is 0 Å². The number of rotatable bonds is 5. The fourth-order valence-corrected chi connectivity index (χ4v) is 3.82. The predicted octanol–water partition coefficient (Wildman–Crippen LogP) is 6.28. The third-order valence-corrected chi connectivity index (χ3v) is 5.52. The first-order valence-electron chi connectivity index (χ1n) is 8.84. The van der Waals surface area contributed by atoms with Crippen molar-refractivity contribution in [3.8, 4) is 0 Å². The summed E-state index contributed by atoms with van der Waals surface area (Å²) in [5.41, 5.74) is 1.59. The van der Waals surface area contributed by atoms with Crippen LogP contribution in [0.2, 0.25) is 5.02 Å². The van der Waals surface area contributed by atoms with Gasteiger partial charge < -0.3 is 0 Å². The number of aromatic nitrogens is 3. The molecule has 0 fully saturated rings. The second-order valence-electron chi connectivity index (χ2n) is 6.34. The van der Waals surface area contributed by atoms with Crippen molar-refractivity contribution in [3.05, 3.63) is 88.7 Å². The molecule has 0 radical (unpaired) electrons. The van der Waals surface area contributed by atoms with Crippen LogP contribution in [0.25, 0.3) is 10.8 Å². The van der Waals surface area contributed by atoms with Crippen molar-refractivity contribution in [2.75, 3.05) is 0 Å². The minimum atomic E-state index is -4.68. The van der Waals surface area contributed by atoms with Crippen molar-refractivity contribution in [1.29, 1.82) is 0 Å². The average molecular weight is 447 g/mol. The van der Waals surface area contributed by atoms with Crippen LogP contribution in [0.4, 0.5) is 13.2 Å². The Labute approximate surface area is 179 Å². The van der Waals surface area contributed by atoms with Crippen LogP contribution < -0.4 is 0 Å². The van der Waals surface area contributed by atoms with E-state index in [0.717, 1.165) is 32.8 Å². The van der Waals surface area contributed by atoms with Crippen LogP contribution >= 0.6 is 23.4 Å². The number of hydrogen-bond donors (Lipinski definition) is 0. The molecule has 3 aromatic carbocycles. The SMILES string of the molecule is FC(F)(F)c1nnc(SCc2ccc(Cl)cc2)n1N=Cc1cccc2ccccc12. The molecular weight excluding hydrogens is 433 g/mol.